The predicted molar refractivity (Wildman–Crippen MR) is 79.1 cm³/mol. The lowest BCUT2D eigenvalue weighted by molar-refractivity contribution is 0.0936. The zero-order valence-corrected chi connectivity index (χ0v) is 12.5. The van der Waals surface area contributed by atoms with Crippen molar-refractivity contribution in [2.75, 3.05) is 0 Å². The largest absolute Gasteiger partial charge is 0.344 e. The van der Waals surface area contributed by atoms with Crippen molar-refractivity contribution in [2.24, 2.45) is 0 Å². The summed E-state index contributed by atoms with van der Waals surface area (Å²) >= 11 is 13.2. The molecule has 100 valence electrons. The van der Waals surface area contributed by atoms with Crippen LogP contribution < -0.4 is 5.32 Å². The Morgan fingerprint density at radius 1 is 1.42 bits per heavy atom. The topological polar surface area (TPSA) is 42.0 Å². The molecule has 3 nitrogen and oxygen atoms in total. The van der Waals surface area contributed by atoms with Gasteiger partial charge in [-0.1, -0.05) is 36.2 Å². The van der Waals surface area contributed by atoms with Crippen molar-refractivity contribution in [2.45, 2.75) is 19.4 Å². The summed E-state index contributed by atoms with van der Waals surface area (Å²) in [4.78, 5) is 17.1. The fraction of sp³-hybridized carbons (Fsp3) is 0.231. The second-order valence-corrected chi connectivity index (χ2v) is 5.70. The molecule has 6 heteroatoms. The highest BCUT2D eigenvalue weighted by atomic mass is 35.5. The summed E-state index contributed by atoms with van der Waals surface area (Å²) in [6.45, 7) is 2.02. The van der Waals surface area contributed by atoms with Crippen LogP contribution in [0.2, 0.25) is 10.3 Å². The molecule has 0 saturated carbocycles. The molecule has 1 atom stereocenters. The first-order valence-corrected chi connectivity index (χ1v) is 7.41. The van der Waals surface area contributed by atoms with Crippen LogP contribution in [0, 0.1) is 0 Å². The van der Waals surface area contributed by atoms with Crippen molar-refractivity contribution in [3.05, 3.63) is 50.4 Å². The van der Waals surface area contributed by atoms with Gasteiger partial charge in [-0.05, 0) is 30.0 Å². The van der Waals surface area contributed by atoms with Gasteiger partial charge in [0.15, 0.2) is 0 Å². The second-order valence-electron chi connectivity index (χ2n) is 3.95. The third kappa shape index (κ3) is 3.69. The number of nitrogens with one attached hydrogen (secondary N) is 1. The first-order chi connectivity index (χ1) is 9.10. The number of carbonyl (C=O) groups is 1. The molecule has 1 unspecified atom stereocenters. The van der Waals surface area contributed by atoms with Gasteiger partial charge in [0, 0.05) is 10.4 Å². The van der Waals surface area contributed by atoms with Gasteiger partial charge < -0.3 is 5.32 Å². The molecule has 2 aromatic heterocycles. The number of hydrogen-bond acceptors (Lipinski definition) is 3. The SMILES string of the molecule is CCC(NC(=O)c1cc(Cl)nc(Cl)c1)c1cccs1. The van der Waals surface area contributed by atoms with Gasteiger partial charge in [-0.15, -0.1) is 11.3 Å². The minimum absolute atomic E-state index is 0.00165. The van der Waals surface area contributed by atoms with Crippen LogP contribution in [-0.4, -0.2) is 10.9 Å². The van der Waals surface area contributed by atoms with Gasteiger partial charge in [0.1, 0.15) is 10.3 Å². The molecule has 0 saturated heterocycles. The maximum absolute atomic E-state index is 12.2. The van der Waals surface area contributed by atoms with Crippen molar-refractivity contribution in [1.29, 1.82) is 0 Å². The Morgan fingerprint density at radius 2 is 2.11 bits per heavy atom. The molecule has 0 aliphatic carbocycles. The number of rotatable bonds is 4. The molecule has 0 aromatic carbocycles. The first kappa shape index (κ1) is 14.3. The van der Waals surface area contributed by atoms with E-state index >= 15 is 0 Å². The molecule has 0 aliphatic rings. The van der Waals surface area contributed by atoms with E-state index in [0.29, 0.717) is 5.56 Å². The van der Waals surface area contributed by atoms with Crippen molar-refractivity contribution in [3.8, 4) is 0 Å². The van der Waals surface area contributed by atoms with Crippen LogP contribution in [0.15, 0.2) is 29.6 Å². The lowest BCUT2D eigenvalue weighted by Gasteiger charge is -2.15. The molecule has 1 amide bonds. The van der Waals surface area contributed by atoms with Crippen LogP contribution >= 0.6 is 34.5 Å². The van der Waals surface area contributed by atoms with Gasteiger partial charge in [-0.3, -0.25) is 4.79 Å². The van der Waals surface area contributed by atoms with Crippen LogP contribution in [0.1, 0.15) is 34.6 Å². The molecule has 1 N–H and O–H groups in total. The Hall–Kier alpha value is -1.10. The summed E-state index contributed by atoms with van der Waals surface area (Å²) in [5, 5.41) is 5.38. The smallest absolute Gasteiger partial charge is 0.252 e. The van der Waals surface area contributed by atoms with Gasteiger partial charge in [-0.2, -0.15) is 0 Å². The lowest BCUT2D eigenvalue weighted by atomic mass is 10.1. The van der Waals surface area contributed by atoms with Crippen LogP contribution in [0.4, 0.5) is 0 Å². The van der Waals surface area contributed by atoms with Crippen LogP contribution in [0.25, 0.3) is 0 Å². The van der Waals surface area contributed by atoms with Gasteiger partial charge >= 0.3 is 0 Å². The molecule has 0 spiro atoms. The van der Waals surface area contributed by atoms with Crippen molar-refractivity contribution >= 4 is 40.4 Å². The quantitative estimate of drug-likeness (QED) is 0.853. The fourth-order valence-corrected chi connectivity index (χ4v) is 3.02. The van der Waals surface area contributed by atoms with Crippen LogP contribution in [0.5, 0.6) is 0 Å². The number of nitrogens with zero attached hydrogens (tertiary/aromatic N) is 1. The highest BCUT2D eigenvalue weighted by Crippen LogP contribution is 2.22. The summed E-state index contributed by atoms with van der Waals surface area (Å²) < 4.78 is 0. The Morgan fingerprint density at radius 3 is 2.63 bits per heavy atom. The van der Waals surface area contributed by atoms with Crippen LogP contribution in [0.3, 0.4) is 0 Å². The molecule has 2 aromatic rings. The van der Waals surface area contributed by atoms with E-state index in [0.717, 1.165) is 11.3 Å². The highest BCUT2D eigenvalue weighted by molar-refractivity contribution is 7.10. The van der Waals surface area contributed by atoms with Crippen molar-refractivity contribution in [3.63, 3.8) is 0 Å². The van der Waals surface area contributed by atoms with E-state index in [1.807, 2.05) is 24.4 Å². The van der Waals surface area contributed by atoms with Gasteiger partial charge in [0.2, 0.25) is 0 Å². The van der Waals surface area contributed by atoms with E-state index in [2.05, 4.69) is 10.3 Å². The molecule has 0 radical (unpaired) electrons. The normalized spacial score (nSPS) is 12.2. The highest BCUT2D eigenvalue weighted by Gasteiger charge is 2.15. The molecular formula is C13H12Cl2N2OS. The average molecular weight is 315 g/mol. The number of carbonyl (C=O) groups excluding carboxylic acids is 1. The molecule has 2 heterocycles. The predicted octanol–water partition coefficient (Wildman–Crippen LogP) is 4.33. The monoisotopic (exact) mass is 314 g/mol. The van der Waals surface area contributed by atoms with Gasteiger partial charge in [0.05, 0.1) is 6.04 Å². The summed E-state index contributed by atoms with van der Waals surface area (Å²) in [6.07, 6.45) is 0.818. The van der Waals surface area contributed by atoms with Crippen LogP contribution in [-0.2, 0) is 0 Å². The number of amides is 1. The molecule has 0 fully saturated rings. The van der Waals surface area contributed by atoms with E-state index in [1.54, 1.807) is 11.3 Å². The standard InChI is InChI=1S/C13H12Cl2N2OS/c1-2-9(10-4-3-5-19-10)16-13(18)8-6-11(14)17-12(15)7-8/h3-7,9H,2H2,1H3,(H,16,18). The summed E-state index contributed by atoms with van der Waals surface area (Å²) in [6, 6.07) is 6.98. The number of hydrogen-bond donors (Lipinski definition) is 1. The van der Waals surface area contributed by atoms with E-state index in [-0.39, 0.29) is 22.3 Å². The molecular weight excluding hydrogens is 303 g/mol. The average Bonchev–Trinajstić information content (AvgIpc) is 2.88. The van der Waals surface area contributed by atoms with E-state index in [1.165, 1.54) is 12.1 Å². The molecule has 0 bridgehead atoms. The first-order valence-electron chi connectivity index (χ1n) is 5.77. The van der Waals surface area contributed by atoms with E-state index < -0.39 is 0 Å². The summed E-state index contributed by atoms with van der Waals surface area (Å²) in [7, 11) is 0. The minimum atomic E-state index is -0.202. The number of aromatic nitrogens is 1. The fourth-order valence-electron chi connectivity index (χ4n) is 1.70. The summed E-state index contributed by atoms with van der Waals surface area (Å²) in [5.74, 6) is -0.202. The zero-order valence-electron chi connectivity index (χ0n) is 10.2. The van der Waals surface area contributed by atoms with E-state index in [4.69, 9.17) is 23.2 Å². The Balaban J connectivity index is 2.15. The molecule has 19 heavy (non-hydrogen) atoms. The van der Waals surface area contributed by atoms with Gasteiger partial charge in [0.25, 0.3) is 5.91 Å². The summed E-state index contributed by atoms with van der Waals surface area (Å²) in [5.41, 5.74) is 0.417. The maximum atomic E-state index is 12.2. The lowest BCUT2D eigenvalue weighted by Crippen LogP contribution is -2.27. The third-order valence-corrected chi connectivity index (χ3v) is 4.00. The second kappa shape index (κ2) is 6.37. The van der Waals surface area contributed by atoms with Crippen molar-refractivity contribution < 1.29 is 4.79 Å². The third-order valence-electron chi connectivity index (χ3n) is 2.63. The maximum Gasteiger partial charge on any atom is 0.252 e. The Labute approximate surface area is 125 Å². The van der Waals surface area contributed by atoms with Crippen molar-refractivity contribution in [1.82, 2.24) is 10.3 Å². The molecule has 2 rings (SSSR count). The van der Waals surface area contributed by atoms with E-state index in [9.17, 15) is 4.79 Å². The minimum Gasteiger partial charge on any atom is -0.344 e. The Kier molecular flexibility index (Phi) is 4.80. The van der Waals surface area contributed by atoms with Gasteiger partial charge in [-0.25, -0.2) is 4.98 Å². The zero-order chi connectivity index (χ0) is 13.8. The number of thiophene rings is 1. The number of pyridine rings is 1. The number of halogens is 2. The Bertz CT molecular complexity index is 552. The molecule has 0 aliphatic heterocycles.